The van der Waals surface area contributed by atoms with E-state index in [1.54, 1.807) is 0 Å². The van der Waals surface area contributed by atoms with Gasteiger partial charge in [-0.1, -0.05) is 13.8 Å². The first-order valence-electron chi connectivity index (χ1n) is 7.86. The fourth-order valence-electron chi connectivity index (χ4n) is 2.31. The predicted octanol–water partition coefficient (Wildman–Crippen LogP) is 3.58. The predicted molar refractivity (Wildman–Crippen MR) is 85.6 cm³/mol. The van der Waals surface area contributed by atoms with Gasteiger partial charge in [-0.2, -0.15) is 0 Å². The zero-order chi connectivity index (χ0) is 14.7. The summed E-state index contributed by atoms with van der Waals surface area (Å²) < 4.78 is 0. The van der Waals surface area contributed by atoms with Gasteiger partial charge < -0.3 is 10.2 Å². The summed E-state index contributed by atoms with van der Waals surface area (Å²) in [4.78, 5) is 11.8. The number of nitrogens with zero attached hydrogens (tertiary/aromatic N) is 3. The molecule has 1 aliphatic carbocycles. The van der Waals surface area contributed by atoms with Gasteiger partial charge in [-0.15, -0.1) is 0 Å². The van der Waals surface area contributed by atoms with Crippen molar-refractivity contribution in [2.75, 3.05) is 30.4 Å². The molecule has 0 radical (unpaired) electrons. The Hall–Kier alpha value is -1.32. The van der Waals surface area contributed by atoms with Crippen molar-refractivity contribution in [2.24, 2.45) is 5.92 Å². The monoisotopic (exact) mass is 276 g/mol. The van der Waals surface area contributed by atoms with Gasteiger partial charge in [0.15, 0.2) is 0 Å². The zero-order valence-corrected chi connectivity index (χ0v) is 13.5. The summed E-state index contributed by atoms with van der Waals surface area (Å²) in [7, 11) is 2.14. The molecule has 0 unspecified atom stereocenters. The third kappa shape index (κ3) is 3.62. The lowest BCUT2D eigenvalue weighted by molar-refractivity contribution is 0.582. The summed E-state index contributed by atoms with van der Waals surface area (Å²) in [6, 6.07) is 0. The molecule has 0 aliphatic heterocycles. The molecule has 4 nitrogen and oxygen atoms in total. The molecule has 1 heterocycles. The lowest BCUT2D eigenvalue weighted by Gasteiger charge is -2.23. The van der Waals surface area contributed by atoms with Crippen molar-refractivity contribution in [1.82, 2.24) is 9.97 Å². The van der Waals surface area contributed by atoms with E-state index in [1.165, 1.54) is 24.8 Å². The first-order valence-corrected chi connectivity index (χ1v) is 7.86. The maximum atomic E-state index is 4.83. The van der Waals surface area contributed by atoms with Crippen molar-refractivity contribution in [3.63, 3.8) is 0 Å². The van der Waals surface area contributed by atoms with Gasteiger partial charge in [-0.3, -0.25) is 0 Å². The van der Waals surface area contributed by atoms with Crippen molar-refractivity contribution in [3.05, 3.63) is 11.4 Å². The summed E-state index contributed by atoms with van der Waals surface area (Å²) >= 11 is 0. The first-order chi connectivity index (χ1) is 9.52. The molecule has 1 fully saturated rings. The van der Waals surface area contributed by atoms with Gasteiger partial charge in [0.05, 0.1) is 0 Å². The molecule has 0 saturated heterocycles. The maximum Gasteiger partial charge on any atom is 0.137 e. The van der Waals surface area contributed by atoms with Gasteiger partial charge in [-0.25, -0.2) is 9.97 Å². The molecule has 1 aliphatic rings. The van der Waals surface area contributed by atoms with E-state index in [4.69, 9.17) is 9.97 Å². The highest BCUT2D eigenvalue weighted by Crippen LogP contribution is 2.40. The second-order valence-corrected chi connectivity index (χ2v) is 6.29. The number of rotatable bonds is 7. The summed E-state index contributed by atoms with van der Waals surface area (Å²) in [5, 5.41) is 3.38. The smallest absolute Gasteiger partial charge is 0.137 e. The minimum atomic E-state index is 0.588. The minimum absolute atomic E-state index is 0.588. The van der Waals surface area contributed by atoms with Crippen LogP contribution in [0.5, 0.6) is 0 Å². The molecular weight excluding hydrogens is 248 g/mol. The Kier molecular flexibility index (Phi) is 4.84. The van der Waals surface area contributed by atoms with E-state index >= 15 is 0 Å². The molecule has 0 atom stereocenters. The largest absolute Gasteiger partial charge is 0.370 e. The van der Waals surface area contributed by atoms with Crippen LogP contribution in [0.25, 0.3) is 0 Å². The second-order valence-electron chi connectivity index (χ2n) is 6.29. The van der Waals surface area contributed by atoms with E-state index in [1.807, 2.05) is 0 Å². The van der Waals surface area contributed by atoms with Crippen LogP contribution in [0, 0.1) is 12.8 Å². The van der Waals surface area contributed by atoms with E-state index in [9.17, 15) is 0 Å². The van der Waals surface area contributed by atoms with Gasteiger partial charge in [0.2, 0.25) is 0 Å². The first kappa shape index (κ1) is 15.1. The Bertz CT molecular complexity index is 452. The van der Waals surface area contributed by atoms with Crippen molar-refractivity contribution >= 4 is 11.6 Å². The van der Waals surface area contributed by atoms with Crippen LogP contribution in [-0.2, 0) is 0 Å². The molecule has 4 heteroatoms. The molecule has 112 valence electrons. The van der Waals surface area contributed by atoms with Crippen LogP contribution in [0.1, 0.15) is 57.3 Å². The topological polar surface area (TPSA) is 41.1 Å². The van der Waals surface area contributed by atoms with E-state index in [0.717, 1.165) is 36.5 Å². The Morgan fingerprint density at radius 1 is 1.30 bits per heavy atom. The Labute approximate surface area is 123 Å². The molecule has 1 saturated carbocycles. The summed E-state index contributed by atoms with van der Waals surface area (Å²) in [5.41, 5.74) is 1.17. The number of hydrogen-bond donors (Lipinski definition) is 1. The lowest BCUT2D eigenvalue weighted by atomic mass is 10.1. The lowest BCUT2D eigenvalue weighted by Crippen LogP contribution is -2.23. The van der Waals surface area contributed by atoms with Gasteiger partial charge in [0.1, 0.15) is 17.5 Å². The average molecular weight is 276 g/mol. The molecule has 1 aromatic rings. The highest BCUT2D eigenvalue weighted by atomic mass is 15.2. The molecule has 0 aromatic carbocycles. The molecule has 1 N–H and O–H groups in total. The maximum absolute atomic E-state index is 4.83. The summed E-state index contributed by atoms with van der Waals surface area (Å²) in [6.45, 7) is 10.7. The fourth-order valence-corrected chi connectivity index (χ4v) is 2.31. The van der Waals surface area contributed by atoms with Crippen molar-refractivity contribution in [3.8, 4) is 0 Å². The van der Waals surface area contributed by atoms with Crippen LogP contribution in [0.3, 0.4) is 0 Å². The third-order valence-electron chi connectivity index (χ3n) is 3.83. The molecule has 0 amide bonds. The fraction of sp³-hybridized carbons (Fsp3) is 0.750. The van der Waals surface area contributed by atoms with Gasteiger partial charge in [0, 0.05) is 31.6 Å². The molecule has 1 aromatic heterocycles. The summed E-state index contributed by atoms with van der Waals surface area (Å²) in [6.07, 6.45) is 3.67. The van der Waals surface area contributed by atoms with Gasteiger partial charge >= 0.3 is 0 Å². The van der Waals surface area contributed by atoms with Crippen LogP contribution >= 0.6 is 0 Å². The van der Waals surface area contributed by atoms with Crippen LogP contribution in [0.4, 0.5) is 11.6 Å². The van der Waals surface area contributed by atoms with Crippen LogP contribution in [-0.4, -0.2) is 30.1 Å². The molecular formula is C16H28N4. The average Bonchev–Trinajstić information content (AvgIpc) is 3.23. The van der Waals surface area contributed by atoms with Crippen molar-refractivity contribution in [2.45, 2.75) is 52.9 Å². The van der Waals surface area contributed by atoms with E-state index in [2.05, 4.69) is 45.0 Å². The third-order valence-corrected chi connectivity index (χ3v) is 3.83. The molecule has 0 spiro atoms. The van der Waals surface area contributed by atoms with E-state index < -0.39 is 0 Å². The molecule has 2 rings (SSSR count). The van der Waals surface area contributed by atoms with Gasteiger partial charge in [0.25, 0.3) is 0 Å². The molecule has 0 bridgehead atoms. The number of hydrogen-bond acceptors (Lipinski definition) is 4. The standard InChI is InChI=1S/C16H28N4/c1-6-17-14-12(4)16(20(5)10-9-11(2)3)19-15(18-14)13-7-8-13/h11,13H,6-10H2,1-5H3,(H,17,18,19). The van der Waals surface area contributed by atoms with E-state index in [0.29, 0.717) is 5.92 Å². The second kappa shape index (κ2) is 6.42. The number of aromatic nitrogens is 2. The number of nitrogens with one attached hydrogen (secondary N) is 1. The number of anilines is 2. The van der Waals surface area contributed by atoms with Crippen molar-refractivity contribution in [1.29, 1.82) is 0 Å². The highest BCUT2D eigenvalue weighted by Gasteiger charge is 2.28. The van der Waals surface area contributed by atoms with Crippen LogP contribution < -0.4 is 10.2 Å². The van der Waals surface area contributed by atoms with Gasteiger partial charge in [-0.05, 0) is 39.0 Å². The Morgan fingerprint density at radius 2 is 2.00 bits per heavy atom. The van der Waals surface area contributed by atoms with E-state index in [-0.39, 0.29) is 0 Å². The Morgan fingerprint density at radius 3 is 2.55 bits per heavy atom. The van der Waals surface area contributed by atoms with Crippen LogP contribution in [0.15, 0.2) is 0 Å². The minimum Gasteiger partial charge on any atom is -0.370 e. The molecule has 20 heavy (non-hydrogen) atoms. The van der Waals surface area contributed by atoms with Crippen LogP contribution in [0.2, 0.25) is 0 Å². The normalized spacial score (nSPS) is 14.7. The van der Waals surface area contributed by atoms with Crippen molar-refractivity contribution < 1.29 is 0 Å². The quantitative estimate of drug-likeness (QED) is 0.826. The summed E-state index contributed by atoms with van der Waals surface area (Å²) in [5.74, 6) is 4.44. The zero-order valence-electron chi connectivity index (χ0n) is 13.5. The highest BCUT2D eigenvalue weighted by molar-refractivity contribution is 5.58. The SMILES string of the molecule is CCNc1nc(C2CC2)nc(N(C)CCC(C)C)c1C. The Balaban J connectivity index is 2.24.